The average molecular weight is 667 g/mol. The SMILES string of the molecule is COc1ccc(N2C(=O)CSC2=NC(=O)CC(c2ccc(-c3ncn(-c4ccc(OC(F)(F)F)cc4)n3)cc2)N(C)C(C)=O)c(C)c1. The van der Waals surface area contributed by atoms with Crippen LogP contribution in [0.2, 0.25) is 0 Å². The number of carbonyl (C=O) groups excluding carboxylic acids is 3. The van der Waals surface area contributed by atoms with Gasteiger partial charge in [-0.15, -0.1) is 18.3 Å². The Hall–Kier alpha value is -5.18. The lowest BCUT2D eigenvalue weighted by atomic mass is 10.00. The molecule has 1 atom stereocenters. The fraction of sp³-hybridized carbons (Fsp3) is 0.250. The number of nitrogens with zero attached hydrogens (tertiary/aromatic N) is 6. The summed E-state index contributed by atoms with van der Waals surface area (Å²) in [6.45, 7) is 3.24. The van der Waals surface area contributed by atoms with E-state index in [4.69, 9.17) is 4.74 Å². The first-order valence-corrected chi connectivity index (χ1v) is 15.1. The molecule has 0 aliphatic carbocycles. The fourth-order valence-electron chi connectivity index (χ4n) is 4.88. The molecule has 1 aliphatic heterocycles. The Balaban J connectivity index is 1.33. The predicted molar refractivity (Wildman–Crippen MR) is 169 cm³/mol. The smallest absolute Gasteiger partial charge is 0.497 e. The number of hydrogen-bond acceptors (Lipinski definition) is 8. The Morgan fingerprint density at radius 3 is 2.36 bits per heavy atom. The van der Waals surface area contributed by atoms with Gasteiger partial charge in [0.1, 0.15) is 17.8 Å². The number of thioether (sulfide) groups is 1. The molecule has 1 aliphatic rings. The number of alkyl halides is 3. The summed E-state index contributed by atoms with van der Waals surface area (Å²) in [4.78, 5) is 49.9. The summed E-state index contributed by atoms with van der Waals surface area (Å²) in [5.41, 5.74) is 3.15. The molecule has 11 nitrogen and oxygen atoms in total. The van der Waals surface area contributed by atoms with Gasteiger partial charge in [-0.1, -0.05) is 36.0 Å². The van der Waals surface area contributed by atoms with Crippen LogP contribution in [0.4, 0.5) is 18.9 Å². The van der Waals surface area contributed by atoms with E-state index in [-0.39, 0.29) is 34.9 Å². The van der Waals surface area contributed by atoms with Crippen molar-refractivity contribution in [1.29, 1.82) is 0 Å². The van der Waals surface area contributed by atoms with Gasteiger partial charge in [0.25, 0.3) is 5.91 Å². The molecule has 0 N–H and O–H groups in total. The van der Waals surface area contributed by atoms with Crippen LogP contribution >= 0.6 is 11.8 Å². The van der Waals surface area contributed by atoms with Crippen molar-refractivity contribution in [2.24, 2.45) is 4.99 Å². The highest BCUT2D eigenvalue weighted by Gasteiger charge is 2.33. The highest BCUT2D eigenvalue weighted by Crippen LogP contribution is 2.33. The van der Waals surface area contributed by atoms with E-state index in [2.05, 4.69) is 19.8 Å². The summed E-state index contributed by atoms with van der Waals surface area (Å²) in [6.07, 6.45) is -3.50. The number of benzene rings is 3. The van der Waals surface area contributed by atoms with E-state index >= 15 is 0 Å². The van der Waals surface area contributed by atoms with Crippen LogP contribution in [-0.4, -0.2) is 68.8 Å². The van der Waals surface area contributed by atoms with Gasteiger partial charge in [0.2, 0.25) is 11.8 Å². The summed E-state index contributed by atoms with van der Waals surface area (Å²) >= 11 is 1.17. The minimum Gasteiger partial charge on any atom is -0.497 e. The molecular formula is C32H29F3N6O5S. The zero-order valence-electron chi connectivity index (χ0n) is 25.7. The molecule has 244 valence electrons. The summed E-state index contributed by atoms with van der Waals surface area (Å²) in [6, 6.07) is 16.8. The summed E-state index contributed by atoms with van der Waals surface area (Å²) < 4.78 is 48.0. The predicted octanol–water partition coefficient (Wildman–Crippen LogP) is 5.72. The second kappa shape index (κ2) is 13.7. The minimum atomic E-state index is -4.79. The van der Waals surface area contributed by atoms with E-state index in [9.17, 15) is 27.6 Å². The number of amidine groups is 1. The first kappa shape index (κ1) is 33.2. The summed E-state index contributed by atoms with van der Waals surface area (Å²) in [5, 5.41) is 4.68. The maximum Gasteiger partial charge on any atom is 0.573 e. The van der Waals surface area contributed by atoms with Gasteiger partial charge in [0.15, 0.2) is 11.0 Å². The lowest BCUT2D eigenvalue weighted by Crippen LogP contribution is -2.32. The van der Waals surface area contributed by atoms with E-state index in [1.807, 2.05) is 6.92 Å². The van der Waals surface area contributed by atoms with Crippen LogP contribution in [0.25, 0.3) is 17.1 Å². The highest BCUT2D eigenvalue weighted by molar-refractivity contribution is 8.15. The van der Waals surface area contributed by atoms with E-state index in [0.29, 0.717) is 34.1 Å². The second-order valence-corrected chi connectivity index (χ2v) is 11.4. The number of methoxy groups -OCH3 is 1. The Labute approximate surface area is 272 Å². The van der Waals surface area contributed by atoms with E-state index in [0.717, 1.165) is 5.56 Å². The number of anilines is 1. The average Bonchev–Trinajstić information content (AvgIpc) is 3.66. The number of rotatable bonds is 9. The van der Waals surface area contributed by atoms with Crippen molar-refractivity contribution < 1.29 is 37.0 Å². The molecule has 1 aromatic heterocycles. The van der Waals surface area contributed by atoms with Gasteiger partial charge < -0.3 is 14.4 Å². The van der Waals surface area contributed by atoms with Crippen LogP contribution in [0.5, 0.6) is 11.5 Å². The van der Waals surface area contributed by atoms with Crippen molar-refractivity contribution in [3.05, 3.63) is 84.2 Å². The van der Waals surface area contributed by atoms with Crippen LogP contribution < -0.4 is 14.4 Å². The Bertz CT molecular complexity index is 1830. The number of amides is 3. The standard InChI is InChI=1S/C32H29F3N6O5S/c1-19-15-25(45-4)13-14-26(19)41-29(44)17-47-31(41)37-28(43)16-27(39(3)20(2)42)21-5-7-22(8-6-21)30-36-18-40(38-30)23-9-11-24(12-10-23)46-32(33,34)35/h5-15,18,27H,16-17H2,1-4H3. The zero-order valence-corrected chi connectivity index (χ0v) is 26.5. The van der Waals surface area contributed by atoms with Crippen molar-refractivity contribution in [1.82, 2.24) is 19.7 Å². The molecule has 1 fully saturated rings. The lowest BCUT2D eigenvalue weighted by Gasteiger charge is -2.27. The molecular weight excluding hydrogens is 637 g/mol. The quantitative estimate of drug-likeness (QED) is 0.223. The van der Waals surface area contributed by atoms with Crippen molar-refractivity contribution in [2.45, 2.75) is 32.7 Å². The third-order valence-corrected chi connectivity index (χ3v) is 8.27. The number of halogens is 3. The first-order valence-electron chi connectivity index (χ1n) is 14.2. The number of hydrogen-bond donors (Lipinski definition) is 0. The number of ether oxygens (including phenoxy) is 2. The molecule has 3 aromatic carbocycles. The molecule has 5 rings (SSSR count). The van der Waals surface area contributed by atoms with Crippen LogP contribution in [0.1, 0.15) is 30.5 Å². The third kappa shape index (κ3) is 7.80. The molecule has 3 amide bonds. The summed E-state index contributed by atoms with van der Waals surface area (Å²) in [7, 11) is 3.14. The van der Waals surface area contributed by atoms with E-state index in [1.54, 1.807) is 56.6 Å². The number of aliphatic imine (C=N–C) groups is 1. The molecule has 4 aromatic rings. The zero-order chi connectivity index (χ0) is 33.9. The molecule has 47 heavy (non-hydrogen) atoms. The maximum absolute atomic E-state index is 13.3. The molecule has 15 heteroatoms. The van der Waals surface area contributed by atoms with Gasteiger partial charge in [-0.05, 0) is 60.5 Å². The van der Waals surface area contributed by atoms with Gasteiger partial charge in [-0.2, -0.15) is 4.99 Å². The molecule has 0 bridgehead atoms. The van der Waals surface area contributed by atoms with Gasteiger partial charge in [0, 0.05) is 19.5 Å². The Kier molecular flexibility index (Phi) is 9.65. The molecule has 1 saturated heterocycles. The largest absolute Gasteiger partial charge is 0.573 e. The molecule has 2 heterocycles. The summed E-state index contributed by atoms with van der Waals surface area (Å²) in [5.74, 6) is -0.197. The normalized spacial score (nSPS) is 14.7. The van der Waals surface area contributed by atoms with E-state index in [1.165, 1.54) is 63.8 Å². The van der Waals surface area contributed by atoms with Gasteiger partial charge >= 0.3 is 6.36 Å². The number of carbonyl (C=O) groups is 3. The maximum atomic E-state index is 13.3. The number of aryl methyl sites for hydroxylation is 1. The Morgan fingerprint density at radius 2 is 1.74 bits per heavy atom. The third-order valence-electron chi connectivity index (χ3n) is 7.34. The highest BCUT2D eigenvalue weighted by atomic mass is 32.2. The molecule has 0 radical (unpaired) electrons. The van der Waals surface area contributed by atoms with E-state index < -0.39 is 18.3 Å². The van der Waals surface area contributed by atoms with Crippen LogP contribution in [0.15, 0.2) is 78.0 Å². The lowest BCUT2D eigenvalue weighted by molar-refractivity contribution is -0.274. The van der Waals surface area contributed by atoms with Gasteiger partial charge in [0.05, 0.1) is 36.7 Å². The van der Waals surface area contributed by atoms with Crippen molar-refractivity contribution in [2.75, 3.05) is 24.8 Å². The van der Waals surface area contributed by atoms with Crippen LogP contribution in [0, 0.1) is 6.92 Å². The minimum absolute atomic E-state index is 0.135. The fourth-order valence-corrected chi connectivity index (χ4v) is 5.76. The van der Waals surface area contributed by atoms with Crippen LogP contribution in [0.3, 0.4) is 0 Å². The van der Waals surface area contributed by atoms with Gasteiger partial charge in [-0.3, -0.25) is 19.3 Å². The second-order valence-electron chi connectivity index (χ2n) is 10.5. The number of aromatic nitrogens is 3. The van der Waals surface area contributed by atoms with Crippen molar-refractivity contribution in [3.63, 3.8) is 0 Å². The molecule has 0 saturated carbocycles. The topological polar surface area (TPSA) is 119 Å². The van der Waals surface area contributed by atoms with Crippen molar-refractivity contribution in [3.8, 4) is 28.6 Å². The van der Waals surface area contributed by atoms with Crippen LogP contribution in [-0.2, 0) is 14.4 Å². The van der Waals surface area contributed by atoms with Gasteiger partial charge in [-0.25, -0.2) is 9.67 Å². The monoisotopic (exact) mass is 666 g/mol. The molecule has 0 spiro atoms. The van der Waals surface area contributed by atoms with Crippen molar-refractivity contribution >= 4 is 40.3 Å². The molecule has 1 unspecified atom stereocenters. The first-order chi connectivity index (χ1) is 22.3. The Morgan fingerprint density at radius 1 is 1.06 bits per heavy atom.